The molecule has 4 heteroatoms. The van der Waals surface area contributed by atoms with Crippen molar-refractivity contribution in [2.75, 3.05) is 6.61 Å². The summed E-state index contributed by atoms with van der Waals surface area (Å²) in [5, 5.41) is 11.9. The molecule has 0 aromatic carbocycles. The molecule has 1 aliphatic rings. The van der Waals surface area contributed by atoms with E-state index in [9.17, 15) is 5.11 Å². The van der Waals surface area contributed by atoms with Crippen LogP contribution in [0.2, 0.25) is 0 Å². The first-order chi connectivity index (χ1) is 5.71. The lowest BCUT2D eigenvalue weighted by molar-refractivity contribution is 0.0196. The highest BCUT2D eigenvalue weighted by Crippen LogP contribution is 2.33. The summed E-state index contributed by atoms with van der Waals surface area (Å²) in [6, 6.07) is 0. The Morgan fingerprint density at radius 2 is 2.67 bits per heavy atom. The lowest BCUT2D eigenvalue weighted by atomic mass is 9.95. The molecule has 0 saturated carbocycles. The summed E-state index contributed by atoms with van der Waals surface area (Å²) >= 11 is 1.36. The van der Waals surface area contributed by atoms with Crippen LogP contribution in [0.1, 0.15) is 18.9 Å². The molecular weight excluding hydrogens is 174 g/mol. The van der Waals surface area contributed by atoms with Crippen molar-refractivity contribution in [3.05, 3.63) is 17.1 Å². The van der Waals surface area contributed by atoms with Crippen LogP contribution in [0.5, 0.6) is 0 Å². The standard InChI is InChI=1S/C8H11NO2S/c1-6-2-8(10,5-11-6)7-3-9-12-4-7/h3-4,6,10H,2,5H2,1H3. The number of aromatic nitrogens is 1. The van der Waals surface area contributed by atoms with Crippen LogP contribution in [0.3, 0.4) is 0 Å². The van der Waals surface area contributed by atoms with Crippen molar-refractivity contribution in [3.63, 3.8) is 0 Å². The van der Waals surface area contributed by atoms with Crippen molar-refractivity contribution in [2.24, 2.45) is 0 Å². The number of nitrogens with zero attached hydrogens (tertiary/aromatic N) is 1. The van der Waals surface area contributed by atoms with Crippen LogP contribution < -0.4 is 0 Å². The highest BCUT2D eigenvalue weighted by Gasteiger charge is 2.38. The minimum atomic E-state index is -0.785. The van der Waals surface area contributed by atoms with Crippen LogP contribution in [0.25, 0.3) is 0 Å². The Kier molecular flexibility index (Phi) is 1.90. The molecule has 3 nitrogen and oxygen atoms in total. The van der Waals surface area contributed by atoms with E-state index in [1.165, 1.54) is 11.5 Å². The molecule has 0 aliphatic carbocycles. The molecule has 1 N–H and O–H groups in total. The van der Waals surface area contributed by atoms with Gasteiger partial charge in [0.05, 0.1) is 12.7 Å². The van der Waals surface area contributed by atoms with Crippen molar-refractivity contribution in [2.45, 2.75) is 25.0 Å². The van der Waals surface area contributed by atoms with Gasteiger partial charge in [-0.05, 0) is 18.5 Å². The topological polar surface area (TPSA) is 42.4 Å². The molecule has 1 saturated heterocycles. The van der Waals surface area contributed by atoms with Crippen molar-refractivity contribution < 1.29 is 9.84 Å². The zero-order chi connectivity index (χ0) is 8.60. The van der Waals surface area contributed by atoms with Crippen LogP contribution in [-0.2, 0) is 10.3 Å². The van der Waals surface area contributed by atoms with Gasteiger partial charge in [0.25, 0.3) is 0 Å². The molecule has 0 amide bonds. The van der Waals surface area contributed by atoms with Crippen molar-refractivity contribution in [3.8, 4) is 0 Å². The van der Waals surface area contributed by atoms with Crippen molar-refractivity contribution >= 4 is 11.5 Å². The van der Waals surface area contributed by atoms with Crippen molar-refractivity contribution in [1.29, 1.82) is 0 Å². The SMILES string of the molecule is CC1CC(O)(c2cnsc2)CO1. The zero-order valence-electron chi connectivity index (χ0n) is 6.86. The van der Waals surface area contributed by atoms with Gasteiger partial charge in [0.2, 0.25) is 0 Å². The van der Waals surface area contributed by atoms with E-state index in [-0.39, 0.29) is 6.10 Å². The quantitative estimate of drug-likeness (QED) is 0.713. The minimum Gasteiger partial charge on any atom is -0.383 e. The lowest BCUT2D eigenvalue weighted by Crippen LogP contribution is -2.25. The molecule has 0 radical (unpaired) electrons. The Morgan fingerprint density at radius 1 is 1.83 bits per heavy atom. The van der Waals surface area contributed by atoms with E-state index >= 15 is 0 Å². The van der Waals surface area contributed by atoms with E-state index in [1.807, 2.05) is 12.3 Å². The van der Waals surface area contributed by atoms with E-state index in [0.29, 0.717) is 13.0 Å². The summed E-state index contributed by atoms with van der Waals surface area (Å²) in [5.41, 5.74) is 0.101. The predicted octanol–water partition coefficient (Wildman–Crippen LogP) is 1.14. The molecule has 2 rings (SSSR count). The van der Waals surface area contributed by atoms with Crippen LogP contribution in [0.4, 0.5) is 0 Å². The van der Waals surface area contributed by atoms with Gasteiger partial charge in [0.15, 0.2) is 0 Å². The van der Waals surface area contributed by atoms with Crippen LogP contribution in [0.15, 0.2) is 11.6 Å². The lowest BCUT2D eigenvalue weighted by Gasteiger charge is -2.17. The summed E-state index contributed by atoms with van der Waals surface area (Å²) < 4.78 is 9.28. The Morgan fingerprint density at radius 3 is 3.17 bits per heavy atom. The molecule has 2 unspecified atom stereocenters. The third kappa shape index (κ3) is 1.26. The second-order valence-electron chi connectivity index (χ2n) is 3.27. The fourth-order valence-electron chi connectivity index (χ4n) is 1.51. The van der Waals surface area contributed by atoms with Gasteiger partial charge in [-0.25, -0.2) is 4.37 Å². The molecule has 1 fully saturated rings. The molecule has 12 heavy (non-hydrogen) atoms. The molecule has 0 spiro atoms. The van der Waals surface area contributed by atoms with E-state index < -0.39 is 5.60 Å². The molecular formula is C8H11NO2S. The van der Waals surface area contributed by atoms with Gasteiger partial charge < -0.3 is 9.84 Å². The first kappa shape index (κ1) is 8.16. The van der Waals surface area contributed by atoms with E-state index in [0.717, 1.165) is 5.56 Å². The maximum Gasteiger partial charge on any atom is 0.118 e. The van der Waals surface area contributed by atoms with E-state index in [2.05, 4.69) is 4.37 Å². The maximum atomic E-state index is 10.1. The predicted molar refractivity (Wildman–Crippen MR) is 46.0 cm³/mol. The number of hydrogen-bond acceptors (Lipinski definition) is 4. The highest BCUT2D eigenvalue weighted by atomic mass is 32.1. The first-order valence-corrected chi connectivity index (χ1v) is 4.78. The smallest absolute Gasteiger partial charge is 0.118 e. The number of ether oxygens (including phenoxy) is 1. The van der Waals surface area contributed by atoms with E-state index in [4.69, 9.17) is 4.74 Å². The third-order valence-electron chi connectivity index (χ3n) is 2.20. The molecule has 1 aromatic rings. The number of aliphatic hydroxyl groups is 1. The number of hydrogen-bond donors (Lipinski definition) is 1. The average molecular weight is 185 g/mol. The van der Waals surface area contributed by atoms with Crippen molar-refractivity contribution in [1.82, 2.24) is 4.37 Å². The number of rotatable bonds is 1. The van der Waals surface area contributed by atoms with E-state index in [1.54, 1.807) is 6.20 Å². The third-order valence-corrected chi connectivity index (χ3v) is 2.79. The summed E-state index contributed by atoms with van der Waals surface area (Å²) in [6.45, 7) is 2.37. The summed E-state index contributed by atoms with van der Waals surface area (Å²) in [5.74, 6) is 0. The summed E-state index contributed by atoms with van der Waals surface area (Å²) in [6.07, 6.45) is 2.53. The van der Waals surface area contributed by atoms with Gasteiger partial charge in [-0.3, -0.25) is 0 Å². The molecule has 1 aliphatic heterocycles. The average Bonchev–Trinajstić information content (AvgIpc) is 2.59. The van der Waals surface area contributed by atoms with Gasteiger partial charge in [-0.15, -0.1) is 0 Å². The Labute approximate surface area is 75.2 Å². The monoisotopic (exact) mass is 185 g/mol. The fourth-order valence-corrected chi connectivity index (χ4v) is 2.14. The first-order valence-electron chi connectivity index (χ1n) is 3.94. The zero-order valence-corrected chi connectivity index (χ0v) is 7.67. The van der Waals surface area contributed by atoms with Crippen LogP contribution in [-0.4, -0.2) is 22.2 Å². The molecule has 2 atom stereocenters. The maximum absolute atomic E-state index is 10.1. The highest BCUT2D eigenvalue weighted by molar-refractivity contribution is 7.03. The normalized spacial score (nSPS) is 35.7. The van der Waals surface area contributed by atoms with Gasteiger partial charge in [0, 0.05) is 23.6 Å². The molecule has 0 bridgehead atoms. The second-order valence-corrected chi connectivity index (χ2v) is 3.93. The Hall–Kier alpha value is -0.450. The van der Waals surface area contributed by atoms with Gasteiger partial charge >= 0.3 is 0 Å². The molecule has 2 heterocycles. The van der Waals surface area contributed by atoms with Gasteiger partial charge in [-0.1, -0.05) is 0 Å². The minimum absolute atomic E-state index is 0.148. The van der Waals surface area contributed by atoms with Gasteiger partial charge in [-0.2, -0.15) is 0 Å². The molecule has 66 valence electrons. The van der Waals surface area contributed by atoms with Crippen LogP contribution >= 0.6 is 11.5 Å². The van der Waals surface area contributed by atoms with Gasteiger partial charge in [0.1, 0.15) is 5.60 Å². The largest absolute Gasteiger partial charge is 0.383 e. The molecule has 1 aromatic heterocycles. The fraction of sp³-hybridized carbons (Fsp3) is 0.625. The summed E-state index contributed by atoms with van der Waals surface area (Å²) in [7, 11) is 0. The van der Waals surface area contributed by atoms with Crippen LogP contribution in [0, 0.1) is 0 Å². The Balaban J connectivity index is 2.23. The summed E-state index contributed by atoms with van der Waals surface area (Å²) in [4.78, 5) is 0. The Bertz CT molecular complexity index is 262. The second kappa shape index (κ2) is 2.80.